The Bertz CT molecular complexity index is 366. The van der Waals surface area contributed by atoms with E-state index in [1.54, 1.807) is 0 Å². The van der Waals surface area contributed by atoms with E-state index in [9.17, 15) is 0 Å². The molecule has 0 spiro atoms. The number of pyridine rings is 1. The fourth-order valence-electron chi connectivity index (χ4n) is 2.80. The molecule has 0 aliphatic carbocycles. The van der Waals surface area contributed by atoms with Crippen LogP contribution >= 0.6 is 0 Å². The van der Waals surface area contributed by atoms with Crippen LogP contribution in [0.2, 0.25) is 0 Å². The Kier molecular flexibility index (Phi) is 5.61. The monoisotopic (exact) mass is 263 g/mol. The summed E-state index contributed by atoms with van der Waals surface area (Å²) in [5.74, 6) is 0.949. The van der Waals surface area contributed by atoms with Crippen molar-refractivity contribution in [3.63, 3.8) is 0 Å². The average molecular weight is 263 g/mol. The number of anilines is 1. The van der Waals surface area contributed by atoms with Gasteiger partial charge in [0.25, 0.3) is 0 Å². The molecule has 4 nitrogen and oxygen atoms in total. The predicted molar refractivity (Wildman–Crippen MR) is 78.2 cm³/mol. The minimum absolute atomic E-state index is 0.309. The van der Waals surface area contributed by atoms with Crippen LogP contribution in [0.3, 0.4) is 0 Å². The molecule has 1 aromatic heterocycles. The van der Waals surface area contributed by atoms with Crippen molar-refractivity contribution in [2.24, 2.45) is 0 Å². The van der Waals surface area contributed by atoms with E-state index >= 15 is 0 Å². The molecule has 106 valence electrons. The molecule has 19 heavy (non-hydrogen) atoms. The summed E-state index contributed by atoms with van der Waals surface area (Å²) in [6.45, 7) is 5.44. The smallest absolute Gasteiger partial charge is 0.125 e. The Morgan fingerprint density at radius 1 is 1.47 bits per heavy atom. The lowest BCUT2D eigenvalue weighted by Crippen LogP contribution is -2.29. The molecule has 1 saturated heterocycles. The van der Waals surface area contributed by atoms with E-state index in [2.05, 4.69) is 34.3 Å². The van der Waals surface area contributed by atoms with Crippen LogP contribution in [0.1, 0.15) is 38.2 Å². The Morgan fingerprint density at radius 2 is 2.37 bits per heavy atom. The van der Waals surface area contributed by atoms with Crippen LogP contribution in [0, 0.1) is 0 Å². The minimum Gasteiger partial charge on any atom is -0.396 e. The lowest BCUT2D eigenvalue weighted by Gasteiger charge is -2.24. The summed E-state index contributed by atoms with van der Waals surface area (Å²) in [5.41, 5.74) is 1.28. The third-order valence-electron chi connectivity index (χ3n) is 3.76. The van der Waals surface area contributed by atoms with Gasteiger partial charge in [-0.2, -0.15) is 0 Å². The summed E-state index contributed by atoms with van der Waals surface area (Å²) in [4.78, 5) is 6.95. The maximum absolute atomic E-state index is 8.95. The van der Waals surface area contributed by atoms with Crippen molar-refractivity contribution in [2.75, 3.05) is 25.0 Å². The van der Waals surface area contributed by atoms with E-state index in [4.69, 9.17) is 5.11 Å². The summed E-state index contributed by atoms with van der Waals surface area (Å²) in [7, 11) is 0. The number of aliphatic hydroxyl groups excluding tert-OH is 1. The topological polar surface area (TPSA) is 48.4 Å². The zero-order chi connectivity index (χ0) is 13.5. The summed E-state index contributed by atoms with van der Waals surface area (Å²) in [5, 5.41) is 12.2. The minimum atomic E-state index is 0.309. The van der Waals surface area contributed by atoms with E-state index in [0.29, 0.717) is 12.6 Å². The average Bonchev–Trinajstić information content (AvgIpc) is 2.86. The zero-order valence-corrected chi connectivity index (χ0v) is 11.8. The normalized spacial score (nSPS) is 19.8. The molecule has 1 unspecified atom stereocenters. The van der Waals surface area contributed by atoms with Crippen LogP contribution in [-0.4, -0.2) is 40.7 Å². The lowest BCUT2D eigenvalue weighted by atomic mass is 10.1. The van der Waals surface area contributed by atoms with Crippen molar-refractivity contribution in [3.8, 4) is 0 Å². The first-order chi connectivity index (χ1) is 9.33. The third-order valence-corrected chi connectivity index (χ3v) is 3.76. The highest BCUT2D eigenvalue weighted by Crippen LogP contribution is 2.23. The number of rotatable bonds is 7. The molecule has 1 aromatic rings. The highest BCUT2D eigenvalue weighted by atomic mass is 16.2. The maximum atomic E-state index is 8.95. The molecule has 0 saturated carbocycles. The highest BCUT2D eigenvalue weighted by molar-refractivity contribution is 5.35. The van der Waals surface area contributed by atoms with Gasteiger partial charge < -0.3 is 10.4 Å². The standard InChI is InChI=1S/C15H25N3O/c1-2-16-15-8-7-13(11-17-15)12-18-9-3-5-14(18)6-4-10-19/h7-8,11,14,19H,2-6,9-10,12H2,1H3,(H,16,17). The van der Waals surface area contributed by atoms with Crippen molar-refractivity contribution in [2.45, 2.75) is 45.2 Å². The molecule has 2 heterocycles. The first-order valence-corrected chi connectivity index (χ1v) is 7.37. The van der Waals surface area contributed by atoms with Crippen molar-refractivity contribution in [1.29, 1.82) is 0 Å². The van der Waals surface area contributed by atoms with Gasteiger partial charge in [0, 0.05) is 31.9 Å². The van der Waals surface area contributed by atoms with E-state index < -0.39 is 0 Å². The maximum Gasteiger partial charge on any atom is 0.125 e. The van der Waals surface area contributed by atoms with Gasteiger partial charge in [-0.15, -0.1) is 0 Å². The van der Waals surface area contributed by atoms with E-state index in [-0.39, 0.29) is 0 Å². The number of nitrogens with one attached hydrogen (secondary N) is 1. The van der Waals surface area contributed by atoms with E-state index in [0.717, 1.165) is 31.7 Å². The molecule has 0 amide bonds. The van der Waals surface area contributed by atoms with Crippen molar-refractivity contribution < 1.29 is 5.11 Å². The molecule has 1 aliphatic heterocycles. The first-order valence-electron chi connectivity index (χ1n) is 7.37. The second-order valence-electron chi connectivity index (χ2n) is 5.21. The second-order valence-corrected chi connectivity index (χ2v) is 5.21. The first kappa shape index (κ1) is 14.3. The van der Waals surface area contributed by atoms with Crippen molar-refractivity contribution >= 4 is 5.82 Å². The zero-order valence-electron chi connectivity index (χ0n) is 11.8. The molecule has 1 fully saturated rings. The summed E-state index contributed by atoms with van der Waals surface area (Å²) in [6, 6.07) is 4.85. The van der Waals surface area contributed by atoms with Crippen molar-refractivity contribution in [3.05, 3.63) is 23.9 Å². The fraction of sp³-hybridized carbons (Fsp3) is 0.667. The van der Waals surface area contributed by atoms with Gasteiger partial charge in [-0.25, -0.2) is 4.98 Å². The van der Waals surface area contributed by atoms with Crippen molar-refractivity contribution in [1.82, 2.24) is 9.88 Å². The van der Waals surface area contributed by atoms with Crippen LogP contribution in [0.5, 0.6) is 0 Å². The SMILES string of the molecule is CCNc1ccc(CN2CCCC2CCCO)cn1. The lowest BCUT2D eigenvalue weighted by molar-refractivity contribution is 0.210. The van der Waals surface area contributed by atoms with Gasteiger partial charge in [0.1, 0.15) is 5.82 Å². The molecule has 1 atom stereocenters. The van der Waals surface area contributed by atoms with Crippen LogP contribution in [0.25, 0.3) is 0 Å². The van der Waals surface area contributed by atoms with Gasteiger partial charge in [0.15, 0.2) is 0 Å². The number of likely N-dealkylation sites (tertiary alicyclic amines) is 1. The summed E-state index contributed by atoms with van der Waals surface area (Å²) >= 11 is 0. The molecule has 0 bridgehead atoms. The van der Waals surface area contributed by atoms with Crippen LogP contribution in [-0.2, 0) is 6.54 Å². The Labute approximate surface area is 115 Å². The van der Waals surface area contributed by atoms with Crippen LogP contribution < -0.4 is 5.32 Å². The molecular formula is C15H25N3O. The van der Waals surface area contributed by atoms with Gasteiger partial charge in [-0.1, -0.05) is 6.07 Å². The molecule has 0 radical (unpaired) electrons. The van der Waals surface area contributed by atoms with Gasteiger partial charge in [0.05, 0.1) is 0 Å². The summed E-state index contributed by atoms with van der Waals surface area (Å²) in [6.07, 6.45) is 6.54. The van der Waals surface area contributed by atoms with Crippen LogP contribution in [0.4, 0.5) is 5.82 Å². The highest BCUT2D eigenvalue weighted by Gasteiger charge is 2.23. The number of aromatic nitrogens is 1. The molecular weight excluding hydrogens is 238 g/mol. The molecule has 2 N–H and O–H groups in total. The fourth-order valence-corrected chi connectivity index (χ4v) is 2.80. The second kappa shape index (κ2) is 7.46. The Balaban J connectivity index is 1.88. The van der Waals surface area contributed by atoms with Crippen LogP contribution in [0.15, 0.2) is 18.3 Å². The number of aliphatic hydroxyl groups is 1. The molecule has 1 aliphatic rings. The number of nitrogens with zero attached hydrogens (tertiary/aromatic N) is 2. The Hall–Kier alpha value is -1.13. The molecule has 2 rings (SSSR count). The van der Waals surface area contributed by atoms with Gasteiger partial charge in [0.2, 0.25) is 0 Å². The van der Waals surface area contributed by atoms with E-state index in [1.807, 2.05) is 6.20 Å². The summed E-state index contributed by atoms with van der Waals surface area (Å²) < 4.78 is 0. The van der Waals surface area contributed by atoms with Gasteiger partial charge in [-0.05, 0) is 50.8 Å². The predicted octanol–water partition coefficient (Wildman–Crippen LogP) is 2.25. The quantitative estimate of drug-likeness (QED) is 0.792. The Morgan fingerprint density at radius 3 is 3.05 bits per heavy atom. The van der Waals surface area contributed by atoms with Gasteiger partial charge in [-0.3, -0.25) is 4.90 Å². The number of hydrogen-bond acceptors (Lipinski definition) is 4. The largest absolute Gasteiger partial charge is 0.396 e. The number of hydrogen-bond donors (Lipinski definition) is 2. The van der Waals surface area contributed by atoms with E-state index in [1.165, 1.54) is 24.9 Å². The molecule has 4 heteroatoms. The molecule has 0 aromatic carbocycles. The third kappa shape index (κ3) is 4.18. The van der Waals surface area contributed by atoms with Gasteiger partial charge >= 0.3 is 0 Å².